The predicted octanol–water partition coefficient (Wildman–Crippen LogP) is 2.30. The molecule has 2 rings (SSSR count). The number of aromatic hydroxyl groups is 1. The average molecular weight is 254 g/mol. The summed E-state index contributed by atoms with van der Waals surface area (Å²) >= 11 is 3.19. The molecule has 2 N–H and O–H groups in total. The number of phenols is 1. The molecule has 3 nitrogen and oxygen atoms in total. The molecule has 4 heteroatoms. The first-order chi connectivity index (χ1) is 6.59. The fourth-order valence-electron chi connectivity index (χ4n) is 1.45. The number of fused-ring (bicyclic) bond motifs is 1. The van der Waals surface area contributed by atoms with Gasteiger partial charge in [0.05, 0.1) is 9.99 Å². The predicted molar refractivity (Wildman–Crippen MR) is 58.7 cm³/mol. The Hall–Kier alpha value is -1.29. The van der Waals surface area contributed by atoms with Gasteiger partial charge in [-0.3, -0.25) is 4.79 Å². The van der Waals surface area contributed by atoms with Crippen LogP contribution >= 0.6 is 15.9 Å². The van der Waals surface area contributed by atoms with Crippen LogP contribution in [0.3, 0.4) is 0 Å². The SMILES string of the molecule is Cc1cc(=O)[nH]c2c(O)c(Br)ccc12. The molecule has 0 aliphatic rings. The highest BCUT2D eigenvalue weighted by molar-refractivity contribution is 9.10. The summed E-state index contributed by atoms with van der Waals surface area (Å²) < 4.78 is 0.575. The Morgan fingerprint density at radius 2 is 2.14 bits per heavy atom. The molecule has 1 aromatic heterocycles. The topological polar surface area (TPSA) is 53.1 Å². The molecule has 0 unspecified atom stereocenters. The molecule has 72 valence electrons. The number of phenolic OH excluding ortho intramolecular Hbond substituents is 1. The molecule has 1 aromatic carbocycles. The van der Waals surface area contributed by atoms with E-state index < -0.39 is 0 Å². The molecule has 0 aliphatic heterocycles. The number of rotatable bonds is 0. The fourth-order valence-corrected chi connectivity index (χ4v) is 1.78. The minimum Gasteiger partial charge on any atom is -0.505 e. The second-order valence-electron chi connectivity index (χ2n) is 3.14. The first kappa shape index (κ1) is 9.27. The molecular formula is C10H8BrNO2. The van der Waals surface area contributed by atoms with Crippen molar-refractivity contribution in [3.05, 3.63) is 38.6 Å². The van der Waals surface area contributed by atoms with Crippen molar-refractivity contribution in [3.8, 4) is 5.75 Å². The smallest absolute Gasteiger partial charge is 0.248 e. The molecule has 1 heterocycles. The van der Waals surface area contributed by atoms with Crippen LogP contribution in [0.4, 0.5) is 0 Å². The lowest BCUT2D eigenvalue weighted by atomic mass is 10.1. The fraction of sp³-hybridized carbons (Fsp3) is 0.100. The second kappa shape index (κ2) is 3.13. The number of pyridine rings is 1. The molecule has 0 aliphatic carbocycles. The van der Waals surface area contributed by atoms with Crippen LogP contribution in [-0.4, -0.2) is 10.1 Å². The van der Waals surface area contributed by atoms with Gasteiger partial charge in [0.2, 0.25) is 5.56 Å². The number of nitrogens with one attached hydrogen (secondary N) is 1. The van der Waals surface area contributed by atoms with Crippen molar-refractivity contribution in [2.24, 2.45) is 0 Å². The van der Waals surface area contributed by atoms with Crippen LogP contribution in [0.5, 0.6) is 5.75 Å². The van der Waals surface area contributed by atoms with Crippen molar-refractivity contribution in [1.29, 1.82) is 0 Å². The van der Waals surface area contributed by atoms with Crippen LogP contribution in [0.2, 0.25) is 0 Å². The summed E-state index contributed by atoms with van der Waals surface area (Å²) in [6.45, 7) is 1.84. The summed E-state index contributed by atoms with van der Waals surface area (Å²) in [5.41, 5.74) is 1.12. The monoisotopic (exact) mass is 253 g/mol. The summed E-state index contributed by atoms with van der Waals surface area (Å²) in [5.74, 6) is 0.0725. The number of halogens is 1. The van der Waals surface area contributed by atoms with E-state index in [1.54, 1.807) is 6.07 Å². The number of hydrogen-bond acceptors (Lipinski definition) is 2. The molecule has 0 fully saturated rings. The Morgan fingerprint density at radius 3 is 2.86 bits per heavy atom. The first-order valence-electron chi connectivity index (χ1n) is 4.10. The van der Waals surface area contributed by atoms with E-state index in [4.69, 9.17) is 0 Å². The van der Waals surface area contributed by atoms with E-state index in [9.17, 15) is 9.90 Å². The Labute approximate surface area is 88.5 Å². The Bertz CT molecular complexity index is 560. The van der Waals surface area contributed by atoms with E-state index in [2.05, 4.69) is 20.9 Å². The molecule has 0 atom stereocenters. The van der Waals surface area contributed by atoms with Gasteiger partial charge in [0.1, 0.15) is 0 Å². The van der Waals surface area contributed by atoms with E-state index in [0.29, 0.717) is 9.99 Å². The zero-order chi connectivity index (χ0) is 10.3. The lowest BCUT2D eigenvalue weighted by Gasteiger charge is -2.04. The van der Waals surface area contributed by atoms with Crippen molar-refractivity contribution in [2.75, 3.05) is 0 Å². The van der Waals surface area contributed by atoms with Gasteiger partial charge in [-0.05, 0) is 34.5 Å². The largest absolute Gasteiger partial charge is 0.505 e. The van der Waals surface area contributed by atoms with Gasteiger partial charge in [0.15, 0.2) is 5.75 Å². The standard InChI is InChI=1S/C10H8BrNO2/c1-5-4-8(13)12-9-6(5)2-3-7(11)10(9)14/h2-4,14H,1H3,(H,12,13). The Kier molecular flexibility index (Phi) is 2.07. The van der Waals surface area contributed by atoms with Crippen LogP contribution in [-0.2, 0) is 0 Å². The minimum absolute atomic E-state index is 0.0725. The maximum Gasteiger partial charge on any atom is 0.248 e. The van der Waals surface area contributed by atoms with E-state index in [1.807, 2.05) is 13.0 Å². The van der Waals surface area contributed by atoms with Crippen LogP contribution < -0.4 is 5.56 Å². The van der Waals surface area contributed by atoms with Crippen molar-refractivity contribution >= 4 is 26.8 Å². The summed E-state index contributed by atoms with van der Waals surface area (Å²) in [6, 6.07) is 5.11. The molecule has 0 spiro atoms. The summed E-state index contributed by atoms with van der Waals surface area (Å²) in [6.07, 6.45) is 0. The van der Waals surface area contributed by atoms with Crippen LogP contribution in [0.1, 0.15) is 5.56 Å². The third kappa shape index (κ3) is 1.32. The number of aromatic nitrogens is 1. The lowest BCUT2D eigenvalue weighted by Crippen LogP contribution is -2.04. The maximum atomic E-state index is 11.2. The highest BCUT2D eigenvalue weighted by Gasteiger charge is 2.06. The molecule has 0 saturated heterocycles. The minimum atomic E-state index is -0.205. The van der Waals surface area contributed by atoms with Crippen LogP contribution in [0.15, 0.2) is 27.5 Å². The first-order valence-corrected chi connectivity index (χ1v) is 4.90. The molecule has 14 heavy (non-hydrogen) atoms. The third-order valence-electron chi connectivity index (χ3n) is 2.15. The molecule has 0 radical (unpaired) electrons. The molecule has 0 amide bonds. The van der Waals surface area contributed by atoms with E-state index in [1.165, 1.54) is 6.07 Å². The van der Waals surface area contributed by atoms with Crippen molar-refractivity contribution in [1.82, 2.24) is 4.98 Å². The van der Waals surface area contributed by atoms with Gasteiger partial charge in [0, 0.05) is 11.5 Å². The van der Waals surface area contributed by atoms with Crippen molar-refractivity contribution in [3.63, 3.8) is 0 Å². The molecule has 0 saturated carbocycles. The highest BCUT2D eigenvalue weighted by Crippen LogP contribution is 2.31. The highest BCUT2D eigenvalue weighted by atomic mass is 79.9. The van der Waals surface area contributed by atoms with Gasteiger partial charge >= 0.3 is 0 Å². The van der Waals surface area contributed by atoms with Crippen LogP contribution in [0, 0.1) is 6.92 Å². The number of benzene rings is 1. The zero-order valence-electron chi connectivity index (χ0n) is 7.47. The van der Waals surface area contributed by atoms with E-state index >= 15 is 0 Å². The summed E-state index contributed by atoms with van der Waals surface area (Å²) in [4.78, 5) is 13.8. The van der Waals surface area contributed by atoms with Gasteiger partial charge in [0.25, 0.3) is 0 Å². The quantitative estimate of drug-likeness (QED) is 0.757. The number of aromatic amines is 1. The van der Waals surface area contributed by atoms with E-state index in [0.717, 1.165) is 10.9 Å². The zero-order valence-corrected chi connectivity index (χ0v) is 9.05. The Morgan fingerprint density at radius 1 is 1.43 bits per heavy atom. The van der Waals surface area contributed by atoms with Crippen LogP contribution in [0.25, 0.3) is 10.9 Å². The van der Waals surface area contributed by atoms with Crippen molar-refractivity contribution in [2.45, 2.75) is 6.92 Å². The molecular weight excluding hydrogens is 246 g/mol. The van der Waals surface area contributed by atoms with Gasteiger partial charge in [-0.1, -0.05) is 6.07 Å². The lowest BCUT2D eigenvalue weighted by molar-refractivity contribution is 0.477. The number of hydrogen-bond donors (Lipinski definition) is 2. The normalized spacial score (nSPS) is 10.7. The third-order valence-corrected chi connectivity index (χ3v) is 2.79. The number of H-pyrrole nitrogens is 1. The van der Waals surface area contributed by atoms with Crippen molar-refractivity contribution < 1.29 is 5.11 Å². The van der Waals surface area contributed by atoms with Gasteiger partial charge in [-0.15, -0.1) is 0 Å². The summed E-state index contributed by atoms with van der Waals surface area (Å²) in [7, 11) is 0. The van der Waals surface area contributed by atoms with Gasteiger partial charge in [-0.25, -0.2) is 0 Å². The van der Waals surface area contributed by atoms with Gasteiger partial charge < -0.3 is 10.1 Å². The molecule has 0 bridgehead atoms. The molecule has 2 aromatic rings. The number of aryl methyl sites for hydroxylation is 1. The second-order valence-corrected chi connectivity index (χ2v) is 3.99. The summed E-state index contributed by atoms with van der Waals surface area (Å²) in [5, 5.41) is 10.5. The maximum absolute atomic E-state index is 11.2. The van der Waals surface area contributed by atoms with Gasteiger partial charge in [-0.2, -0.15) is 0 Å². The Balaban J connectivity index is 3.02. The average Bonchev–Trinajstić information content (AvgIpc) is 2.12. The van der Waals surface area contributed by atoms with E-state index in [-0.39, 0.29) is 11.3 Å².